The zero-order chi connectivity index (χ0) is 33.0. The average molecular weight is 655 g/mol. The lowest BCUT2D eigenvalue weighted by molar-refractivity contribution is -0.124. The van der Waals surface area contributed by atoms with Gasteiger partial charge in [-0.3, -0.25) is 15.0 Å². The molecule has 1 aliphatic carbocycles. The predicted octanol–water partition coefficient (Wildman–Crippen LogP) is 2.52. The third-order valence-corrected chi connectivity index (χ3v) is 9.96. The van der Waals surface area contributed by atoms with Crippen LogP contribution in [-0.4, -0.2) is 99.5 Å². The molecule has 2 aromatic carbocycles. The number of hydrogen-bond donors (Lipinski definition) is 3. The van der Waals surface area contributed by atoms with Gasteiger partial charge < -0.3 is 29.4 Å². The van der Waals surface area contributed by atoms with Crippen LogP contribution in [-0.2, 0) is 16.1 Å². The van der Waals surface area contributed by atoms with Crippen molar-refractivity contribution in [1.82, 2.24) is 35.1 Å². The number of piperidine rings is 1. The van der Waals surface area contributed by atoms with Crippen molar-refractivity contribution in [2.24, 2.45) is 5.41 Å². The lowest BCUT2D eigenvalue weighted by atomic mass is 9.89. The topological polar surface area (TPSA) is 147 Å². The van der Waals surface area contributed by atoms with Gasteiger partial charge in [-0.25, -0.2) is 14.2 Å². The van der Waals surface area contributed by atoms with Crippen molar-refractivity contribution in [3.63, 3.8) is 0 Å². The molecule has 4 fully saturated rings. The minimum absolute atomic E-state index is 0.00885. The summed E-state index contributed by atoms with van der Waals surface area (Å²) in [4.78, 5) is 43.7. The molecule has 8 rings (SSSR count). The van der Waals surface area contributed by atoms with Crippen LogP contribution in [0.1, 0.15) is 36.8 Å². The lowest BCUT2D eigenvalue weighted by Gasteiger charge is -2.38. The molecule has 4 aliphatic rings. The third-order valence-electron chi connectivity index (χ3n) is 9.96. The van der Waals surface area contributed by atoms with Crippen LogP contribution in [0.4, 0.5) is 15.1 Å². The maximum absolute atomic E-state index is 14.8. The summed E-state index contributed by atoms with van der Waals surface area (Å²) in [6.07, 6.45) is 10.6. The summed E-state index contributed by atoms with van der Waals surface area (Å²) in [6.45, 7) is 5.52. The number of nitrogens with zero attached hydrogens (tertiary/aromatic N) is 6. The highest BCUT2D eigenvalue weighted by Gasteiger charge is 2.49. The number of imide groups is 1. The molecule has 3 N–H and O–H groups in total. The number of carbonyl (C=O) groups excluding carboxylic acids is 2. The number of aromatic hydroxyl groups is 1. The normalized spacial score (nSPS) is 22.2. The molecule has 4 aromatic rings. The first-order valence-corrected chi connectivity index (χ1v) is 16.2. The Hall–Kier alpha value is -5.00. The first-order chi connectivity index (χ1) is 23.2. The van der Waals surface area contributed by atoms with Gasteiger partial charge in [0.05, 0.1) is 44.8 Å². The van der Waals surface area contributed by atoms with E-state index in [0.717, 1.165) is 45.7 Å². The maximum Gasteiger partial charge on any atom is 0.322 e. The molecule has 14 heteroatoms. The Morgan fingerprint density at radius 1 is 1.12 bits per heavy atom. The van der Waals surface area contributed by atoms with Crippen molar-refractivity contribution < 1.29 is 28.6 Å². The van der Waals surface area contributed by atoms with Gasteiger partial charge in [-0.05, 0) is 54.8 Å². The standard InChI is InChI=1S/C34H35FN8O5/c1-2-24-25(35)5-4-21-14-23(44)15-22(26(21)24)16-43-20-36-27-28(43)37-31(42-9-3-6-34(18-42)30(45)39-32(46)40-34)38-29(27)48-19-33(7-8-33)17-41-10-12-47-13-11-41/h1,4-5,14-15,20,44H,3,6-13,16-19H2,(H2,39,40,45,46)/t34-/m1/s1. The molecule has 0 unspecified atom stereocenters. The van der Waals surface area contributed by atoms with E-state index >= 15 is 0 Å². The molecule has 5 heterocycles. The van der Waals surface area contributed by atoms with E-state index in [1.54, 1.807) is 29.1 Å². The number of amides is 3. The van der Waals surface area contributed by atoms with E-state index in [4.69, 9.17) is 25.9 Å². The third kappa shape index (κ3) is 5.42. The number of hydrogen-bond acceptors (Lipinski definition) is 10. The van der Waals surface area contributed by atoms with Gasteiger partial charge in [0.15, 0.2) is 11.2 Å². The molecule has 3 amide bonds. The molecule has 248 valence electrons. The largest absolute Gasteiger partial charge is 0.508 e. The van der Waals surface area contributed by atoms with Crippen LogP contribution in [0, 0.1) is 23.6 Å². The lowest BCUT2D eigenvalue weighted by Crippen LogP contribution is -2.59. The van der Waals surface area contributed by atoms with Gasteiger partial charge in [0.1, 0.15) is 17.1 Å². The number of anilines is 1. The number of carbonyl (C=O) groups is 2. The van der Waals surface area contributed by atoms with E-state index in [2.05, 4.69) is 26.4 Å². The Morgan fingerprint density at radius 2 is 1.96 bits per heavy atom. The second kappa shape index (κ2) is 11.6. The number of morpholine rings is 1. The van der Waals surface area contributed by atoms with E-state index in [1.165, 1.54) is 6.07 Å². The molecule has 0 bridgehead atoms. The first-order valence-electron chi connectivity index (χ1n) is 16.2. The number of terminal acetylenes is 1. The smallest absolute Gasteiger partial charge is 0.322 e. The summed E-state index contributed by atoms with van der Waals surface area (Å²) in [6, 6.07) is 5.47. The van der Waals surface area contributed by atoms with Crippen molar-refractivity contribution in [3.05, 3.63) is 47.5 Å². The first kappa shape index (κ1) is 30.3. The van der Waals surface area contributed by atoms with Crippen molar-refractivity contribution in [3.8, 4) is 24.0 Å². The highest BCUT2D eigenvalue weighted by molar-refractivity contribution is 6.07. The summed E-state index contributed by atoms with van der Waals surface area (Å²) in [5.74, 6) is 2.24. The van der Waals surface area contributed by atoms with Crippen LogP contribution < -0.4 is 20.3 Å². The Balaban J connectivity index is 1.17. The van der Waals surface area contributed by atoms with Gasteiger partial charge >= 0.3 is 6.03 Å². The quantitative estimate of drug-likeness (QED) is 0.191. The van der Waals surface area contributed by atoms with Crippen LogP contribution in [0.15, 0.2) is 30.6 Å². The van der Waals surface area contributed by atoms with E-state index < -0.39 is 17.4 Å². The molecular weight excluding hydrogens is 619 g/mol. The zero-order valence-electron chi connectivity index (χ0n) is 26.3. The number of imidazole rings is 1. The fraction of sp³-hybridized carbons (Fsp3) is 0.441. The van der Waals surface area contributed by atoms with E-state index in [0.29, 0.717) is 65.3 Å². The summed E-state index contributed by atoms with van der Waals surface area (Å²) < 4.78 is 28.6. The Morgan fingerprint density at radius 3 is 2.71 bits per heavy atom. The van der Waals surface area contributed by atoms with Gasteiger partial charge in [-0.1, -0.05) is 12.0 Å². The van der Waals surface area contributed by atoms with Gasteiger partial charge in [0, 0.05) is 37.0 Å². The minimum atomic E-state index is -1.08. The van der Waals surface area contributed by atoms with Gasteiger partial charge in [0.25, 0.3) is 5.91 Å². The molecule has 1 saturated carbocycles. The average Bonchev–Trinajstić information content (AvgIpc) is 3.63. The molecular formula is C34H35FN8O5. The number of halogens is 1. The number of benzene rings is 2. The van der Waals surface area contributed by atoms with Crippen LogP contribution in [0.3, 0.4) is 0 Å². The Bertz CT molecular complexity index is 2000. The van der Waals surface area contributed by atoms with E-state index in [9.17, 15) is 19.1 Å². The van der Waals surface area contributed by atoms with Gasteiger partial charge in [-0.2, -0.15) is 9.97 Å². The highest BCUT2D eigenvalue weighted by Crippen LogP contribution is 2.47. The van der Waals surface area contributed by atoms with Gasteiger partial charge in [-0.15, -0.1) is 6.42 Å². The molecule has 3 aliphatic heterocycles. The Kier molecular flexibility index (Phi) is 7.34. The molecule has 3 saturated heterocycles. The highest BCUT2D eigenvalue weighted by atomic mass is 19.1. The van der Waals surface area contributed by atoms with Crippen molar-refractivity contribution in [2.45, 2.75) is 37.8 Å². The molecule has 2 aromatic heterocycles. The number of ether oxygens (including phenoxy) is 2. The number of rotatable bonds is 8. The van der Waals surface area contributed by atoms with Crippen LogP contribution in [0.2, 0.25) is 0 Å². The van der Waals surface area contributed by atoms with E-state index in [1.807, 2.05) is 4.90 Å². The van der Waals surface area contributed by atoms with E-state index in [-0.39, 0.29) is 35.7 Å². The summed E-state index contributed by atoms with van der Waals surface area (Å²) in [5.41, 5.74) is 0.534. The molecule has 1 spiro atoms. The SMILES string of the molecule is C#Cc1c(F)ccc2cc(O)cc(Cn3cnc4c(OCC5(CN6CCOCC6)CC5)nc(N5CCC[C@]6(C5)NC(=O)NC6=O)nc43)c12. The predicted molar refractivity (Wildman–Crippen MR) is 173 cm³/mol. The second-order valence-corrected chi connectivity index (χ2v) is 13.3. The number of phenols is 1. The van der Waals surface area contributed by atoms with Gasteiger partial charge in [0.2, 0.25) is 11.8 Å². The molecule has 1 atom stereocenters. The summed E-state index contributed by atoms with van der Waals surface area (Å²) >= 11 is 0. The summed E-state index contributed by atoms with van der Waals surface area (Å²) in [7, 11) is 0. The molecule has 48 heavy (non-hydrogen) atoms. The number of phenolic OH excluding ortho intramolecular Hbond substituents is 1. The van der Waals surface area contributed by atoms with Crippen LogP contribution in [0.25, 0.3) is 21.9 Å². The fourth-order valence-electron chi connectivity index (χ4n) is 7.25. The minimum Gasteiger partial charge on any atom is -0.508 e. The number of aromatic nitrogens is 4. The van der Waals surface area contributed by atoms with Crippen LogP contribution in [0.5, 0.6) is 11.6 Å². The second-order valence-electron chi connectivity index (χ2n) is 13.3. The Labute approximate surface area is 275 Å². The fourth-order valence-corrected chi connectivity index (χ4v) is 7.25. The molecule has 13 nitrogen and oxygen atoms in total. The van der Waals surface area contributed by atoms with Crippen molar-refractivity contribution >= 4 is 39.8 Å². The number of urea groups is 1. The maximum atomic E-state index is 14.8. The van der Waals surface area contributed by atoms with Crippen molar-refractivity contribution in [2.75, 3.05) is 57.4 Å². The monoisotopic (exact) mass is 654 g/mol. The molecule has 0 radical (unpaired) electrons. The zero-order valence-corrected chi connectivity index (χ0v) is 26.3. The number of nitrogens with one attached hydrogen (secondary N) is 2. The van der Waals surface area contributed by atoms with Crippen LogP contribution >= 0.6 is 0 Å². The summed E-state index contributed by atoms with van der Waals surface area (Å²) in [5, 5.41) is 16.9. The van der Waals surface area contributed by atoms with Crippen molar-refractivity contribution in [1.29, 1.82) is 0 Å². The number of fused-ring (bicyclic) bond motifs is 2.